The number of hydrogen-bond acceptors (Lipinski definition) is 2. The summed E-state index contributed by atoms with van der Waals surface area (Å²) >= 11 is 0. The molecule has 102 valence electrons. The van der Waals surface area contributed by atoms with Crippen molar-refractivity contribution in [2.24, 2.45) is 11.7 Å². The van der Waals surface area contributed by atoms with Gasteiger partial charge < -0.3 is 10.7 Å². The molecular weight excluding hydrogens is 234 g/mol. The number of aryl methyl sites for hydroxylation is 1. The smallest absolute Gasteiger partial charge is 0.111 e. The normalized spacial score (nSPS) is 12.9. The molecule has 2 aromatic rings. The van der Waals surface area contributed by atoms with Crippen molar-refractivity contribution in [1.82, 2.24) is 9.97 Å². The molecule has 3 nitrogen and oxygen atoms in total. The number of aromatic amines is 1. The molecule has 1 heterocycles. The Bertz CT molecular complexity index is 514. The van der Waals surface area contributed by atoms with Crippen molar-refractivity contribution in [2.75, 3.05) is 6.54 Å². The van der Waals surface area contributed by atoms with E-state index in [4.69, 9.17) is 10.7 Å². The van der Waals surface area contributed by atoms with Crippen molar-refractivity contribution in [1.29, 1.82) is 0 Å². The lowest BCUT2D eigenvalue weighted by atomic mass is 9.95. The Morgan fingerprint density at radius 2 is 1.89 bits per heavy atom. The quantitative estimate of drug-likeness (QED) is 0.863. The topological polar surface area (TPSA) is 54.7 Å². The van der Waals surface area contributed by atoms with E-state index in [-0.39, 0.29) is 0 Å². The minimum Gasteiger partial charge on any atom is -0.345 e. The van der Waals surface area contributed by atoms with Gasteiger partial charge in [0.1, 0.15) is 5.82 Å². The van der Waals surface area contributed by atoms with E-state index in [0.29, 0.717) is 18.4 Å². The van der Waals surface area contributed by atoms with E-state index in [2.05, 4.69) is 37.9 Å². The summed E-state index contributed by atoms with van der Waals surface area (Å²) in [6, 6.07) is 10.3. The van der Waals surface area contributed by atoms with E-state index in [1.54, 1.807) is 0 Å². The van der Waals surface area contributed by atoms with Gasteiger partial charge in [-0.05, 0) is 12.3 Å². The fourth-order valence-corrected chi connectivity index (χ4v) is 2.40. The average Bonchev–Trinajstić information content (AvgIpc) is 2.84. The summed E-state index contributed by atoms with van der Waals surface area (Å²) in [4.78, 5) is 8.28. The maximum absolute atomic E-state index is 5.89. The Morgan fingerprint density at radius 1 is 1.21 bits per heavy atom. The van der Waals surface area contributed by atoms with Gasteiger partial charge in [-0.2, -0.15) is 0 Å². The monoisotopic (exact) mass is 257 g/mol. The Hall–Kier alpha value is -1.61. The molecule has 3 N–H and O–H groups in total. The van der Waals surface area contributed by atoms with Crippen molar-refractivity contribution in [3.05, 3.63) is 41.9 Å². The molecule has 0 aliphatic rings. The summed E-state index contributed by atoms with van der Waals surface area (Å²) < 4.78 is 0. The van der Waals surface area contributed by atoms with Gasteiger partial charge in [-0.1, -0.05) is 51.1 Å². The van der Waals surface area contributed by atoms with Crippen LogP contribution >= 0.6 is 0 Å². The van der Waals surface area contributed by atoms with Crippen LogP contribution in [0.4, 0.5) is 0 Å². The van der Waals surface area contributed by atoms with Crippen molar-refractivity contribution < 1.29 is 0 Å². The molecule has 0 fully saturated rings. The maximum atomic E-state index is 5.89. The first-order valence-electron chi connectivity index (χ1n) is 7.01. The first-order chi connectivity index (χ1) is 9.17. The van der Waals surface area contributed by atoms with Crippen LogP contribution in [-0.2, 0) is 6.42 Å². The molecule has 3 heteroatoms. The fourth-order valence-electron chi connectivity index (χ4n) is 2.40. The van der Waals surface area contributed by atoms with Crippen LogP contribution in [0.5, 0.6) is 0 Å². The Labute approximate surface area is 115 Å². The van der Waals surface area contributed by atoms with Gasteiger partial charge in [0, 0.05) is 23.7 Å². The molecule has 0 amide bonds. The molecule has 0 spiro atoms. The molecule has 0 bridgehead atoms. The summed E-state index contributed by atoms with van der Waals surface area (Å²) in [6.45, 7) is 7.15. The largest absolute Gasteiger partial charge is 0.345 e. The first kappa shape index (κ1) is 13.8. The molecule has 1 atom stereocenters. The third-order valence-corrected chi connectivity index (χ3v) is 3.61. The number of nitrogens with one attached hydrogen (secondary N) is 1. The van der Waals surface area contributed by atoms with Gasteiger partial charge in [0.05, 0.1) is 5.69 Å². The summed E-state index contributed by atoms with van der Waals surface area (Å²) in [7, 11) is 0. The number of benzene rings is 1. The van der Waals surface area contributed by atoms with Gasteiger partial charge in [-0.3, -0.25) is 0 Å². The number of rotatable bonds is 5. The minimum atomic E-state index is 0.294. The fraction of sp³-hybridized carbons (Fsp3) is 0.438. The second-order valence-corrected chi connectivity index (χ2v) is 5.25. The number of hydrogen-bond donors (Lipinski definition) is 2. The summed E-state index contributed by atoms with van der Waals surface area (Å²) in [6.07, 6.45) is 0.951. The highest BCUT2D eigenvalue weighted by atomic mass is 15.0. The molecule has 1 aromatic heterocycles. The molecular formula is C16H23N3. The third-order valence-electron chi connectivity index (χ3n) is 3.61. The van der Waals surface area contributed by atoms with Gasteiger partial charge in [0.2, 0.25) is 0 Å². The van der Waals surface area contributed by atoms with E-state index in [1.807, 2.05) is 18.2 Å². The second kappa shape index (κ2) is 6.02. The standard InChI is InChI=1S/C16H23N3/c1-4-14-15(12-8-6-5-7-9-12)19-16(18-14)13(10-17)11(2)3/h5-9,11,13H,4,10,17H2,1-3H3,(H,18,19). The van der Waals surface area contributed by atoms with E-state index < -0.39 is 0 Å². The van der Waals surface area contributed by atoms with Crippen LogP contribution in [0, 0.1) is 5.92 Å². The van der Waals surface area contributed by atoms with E-state index in [0.717, 1.165) is 17.9 Å². The SMILES string of the molecule is CCc1[nH]c(C(CN)C(C)C)nc1-c1ccccc1. The lowest BCUT2D eigenvalue weighted by Gasteiger charge is -2.15. The molecule has 0 saturated carbocycles. The Balaban J connectivity index is 2.43. The predicted octanol–water partition coefficient (Wildman–Crippen LogP) is 3.34. The molecule has 1 unspecified atom stereocenters. The zero-order valence-electron chi connectivity index (χ0n) is 12.0. The number of nitrogens with zero attached hydrogens (tertiary/aromatic N) is 1. The van der Waals surface area contributed by atoms with Gasteiger partial charge in [-0.25, -0.2) is 4.98 Å². The zero-order chi connectivity index (χ0) is 13.8. The van der Waals surface area contributed by atoms with Crippen molar-refractivity contribution in [3.63, 3.8) is 0 Å². The maximum Gasteiger partial charge on any atom is 0.111 e. The van der Waals surface area contributed by atoms with E-state index in [9.17, 15) is 0 Å². The van der Waals surface area contributed by atoms with Crippen LogP contribution in [0.25, 0.3) is 11.3 Å². The first-order valence-corrected chi connectivity index (χ1v) is 7.01. The molecule has 0 aliphatic heterocycles. The van der Waals surface area contributed by atoms with Crippen LogP contribution in [0.15, 0.2) is 30.3 Å². The van der Waals surface area contributed by atoms with Crippen molar-refractivity contribution in [3.8, 4) is 11.3 Å². The van der Waals surface area contributed by atoms with E-state index in [1.165, 1.54) is 11.3 Å². The van der Waals surface area contributed by atoms with Crippen LogP contribution in [0.1, 0.15) is 38.2 Å². The molecule has 0 saturated heterocycles. The van der Waals surface area contributed by atoms with Crippen molar-refractivity contribution in [2.45, 2.75) is 33.1 Å². The van der Waals surface area contributed by atoms with Crippen LogP contribution in [0.3, 0.4) is 0 Å². The zero-order valence-corrected chi connectivity index (χ0v) is 12.0. The van der Waals surface area contributed by atoms with Gasteiger partial charge in [-0.15, -0.1) is 0 Å². The lowest BCUT2D eigenvalue weighted by molar-refractivity contribution is 0.486. The van der Waals surface area contributed by atoms with E-state index >= 15 is 0 Å². The highest BCUT2D eigenvalue weighted by Gasteiger charge is 2.20. The summed E-state index contributed by atoms with van der Waals surface area (Å²) in [5.74, 6) is 1.81. The molecule has 0 aliphatic carbocycles. The number of imidazole rings is 1. The number of aromatic nitrogens is 2. The van der Waals surface area contributed by atoms with Crippen LogP contribution in [0.2, 0.25) is 0 Å². The Morgan fingerprint density at radius 3 is 2.42 bits per heavy atom. The van der Waals surface area contributed by atoms with Gasteiger partial charge in [0.15, 0.2) is 0 Å². The van der Waals surface area contributed by atoms with Crippen LogP contribution in [-0.4, -0.2) is 16.5 Å². The second-order valence-electron chi connectivity index (χ2n) is 5.25. The summed E-state index contributed by atoms with van der Waals surface area (Å²) in [5.41, 5.74) is 9.31. The molecule has 19 heavy (non-hydrogen) atoms. The lowest BCUT2D eigenvalue weighted by Crippen LogP contribution is -2.19. The number of H-pyrrole nitrogens is 1. The molecule has 1 aromatic carbocycles. The minimum absolute atomic E-state index is 0.294. The Kier molecular flexibility index (Phi) is 4.38. The van der Waals surface area contributed by atoms with Crippen LogP contribution < -0.4 is 5.73 Å². The summed E-state index contributed by atoms with van der Waals surface area (Å²) in [5, 5.41) is 0. The van der Waals surface area contributed by atoms with Gasteiger partial charge >= 0.3 is 0 Å². The average molecular weight is 257 g/mol. The predicted molar refractivity (Wildman–Crippen MR) is 80.0 cm³/mol. The highest BCUT2D eigenvalue weighted by Crippen LogP contribution is 2.27. The third kappa shape index (κ3) is 2.87. The number of nitrogens with two attached hydrogens (primary N) is 1. The molecule has 0 radical (unpaired) electrons. The van der Waals surface area contributed by atoms with Gasteiger partial charge in [0.25, 0.3) is 0 Å². The molecule has 2 rings (SSSR count). The highest BCUT2D eigenvalue weighted by molar-refractivity contribution is 5.62. The van der Waals surface area contributed by atoms with Crippen molar-refractivity contribution >= 4 is 0 Å².